The second-order valence-electron chi connectivity index (χ2n) is 5.95. The van der Waals surface area contributed by atoms with Crippen molar-refractivity contribution in [1.29, 1.82) is 0 Å². The van der Waals surface area contributed by atoms with Gasteiger partial charge in [0.15, 0.2) is 0 Å². The van der Waals surface area contributed by atoms with E-state index in [1.807, 2.05) is 47.4 Å². The predicted octanol–water partition coefficient (Wildman–Crippen LogP) is 2.35. The molecule has 0 amide bonds. The van der Waals surface area contributed by atoms with Crippen LogP contribution < -0.4 is 5.69 Å². The molecule has 2 aromatic heterocycles. The van der Waals surface area contributed by atoms with Crippen LogP contribution in [0.3, 0.4) is 0 Å². The number of aryl methyl sites for hydroxylation is 1. The number of hydrogen-bond acceptors (Lipinski definition) is 3. The second kappa shape index (κ2) is 6.47. The molecule has 0 atom stereocenters. The van der Waals surface area contributed by atoms with Crippen LogP contribution in [0.25, 0.3) is 11.0 Å². The van der Waals surface area contributed by atoms with Gasteiger partial charge in [-0.3, -0.25) is 14.1 Å². The van der Waals surface area contributed by atoms with E-state index in [1.54, 1.807) is 17.8 Å². The van der Waals surface area contributed by atoms with Gasteiger partial charge in [0, 0.05) is 32.5 Å². The number of imidazole rings is 2. The largest absolute Gasteiger partial charge is 0.330 e. The molecular formula is C18H23N5O. The summed E-state index contributed by atoms with van der Waals surface area (Å²) >= 11 is 0. The van der Waals surface area contributed by atoms with Crippen LogP contribution in [-0.4, -0.2) is 31.9 Å². The molecule has 1 aromatic carbocycles. The average Bonchev–Trinajstić information content (AvgIpc) is 3.01. The van der Waals surface area contributed by atoms with Gasteiger partial charge in [-0.25, -0.2) is 9.78 Å². The van der Waals surface area contributed by atoms with Crippen molar-refractivity contribution in [3.63, 3.8) is 0 Å². The van der Waals surface area contributed by atoms with Crippen molar-refractivity contribution in [3.8, 4) is 0 Å². The number of aliphatic imine (C=N–C) groups is 1. The Bertz CT molecular complexity index is 958. The van der Waals surface area contributed by atoms with E-state index < -0.39 is 0 Å². The molecule has 126 valence electrons. The van der Waals surface area contributed by atoms with Crippen molar-refractivity contribution in [2.45, 2.75) is 33.4 Å². The second-order valence-corrected chi connectivity index (χ2v) is 5.95. The molecule has 6 heteroatoms. The standard InChI is InChI=1S/C18H23N5O/c1-5-10-22-13(2)16(11-19-3)23(18(22)24)12-17-20-14-8-6-7-9-15(14)21(17)4/h6-9,11H,5,10,12H2,1-4H3. The molecule has 0 fully saturated rings. The SMILES string of the molecule is CCCn1c(C)c(C=NC)n(Cc2nc3ccccc3n2C)c1=O. The first-order valence-electron chi connectivity index (χ1n) is 8.20. The smallest absolute Gasteiger partial charge is 0.329 e. The Kier molecular flexibility index (Phi) is 4.38. The third-order valence-corrected chi connectivity index (χ3v) is 4.41. The van der Waals surface area contributed by atoms with E-state index in [0.717, 1.165) is 34.7 Å². The predicted molar refractivity (Wildman–Crippen MR) is 97.1 cm³/mol. The van der Waals surface area contributed by atoms with Crippen LogP contribution in [0.1, 0.15) is 30.6 Å². The Morgan fingerprint density at radius 2 is 2.00 bits per heavy atom. The molecule has 0 spiro atoms. The molecule has 3 aromatic rings. The van der Waals surface area contributed by atoms with Crippen LogP contribution in [0.15, 0.2) is 34.1 Å². The number of benzene rings is 1. The summed E-state index contributed by atoms with van der Waals surface area (Å²) in [6.45, 7) is 5.19. The van der Waals surface area contributed by atoms with Gasteiger partial charge in [0.05, 0.1) is 23.3 Å². The van der Waals surface area contributed by atoms with Gasteiger partial charge >= 0.3 is 5.69 Å². The summed E-state index contributed by atoms with van der Waals surface area (Å²) in [5, 5.41) is 0. The molecule has 6 nitrogen and oxygen atoms in total. The number of nitrogens with zero attached hydrogens (tertiary/aromatic N) is 5. The Morgan fingerprint density at radius 1 is 1.25 bits per heavy atom. The zero-order valence-electron chi connectivity index (χ0n) is 14.7. The van der Waals surface area contributed by atoms with Crippen LogP contribution in [-0.2, 0) is 20.1 Å². The van der Waals surface area contributed by atoms with Gasteiger partial charge in [-0.15, -0.1) is 0 Å². The molecule has 0 aliphatic rings. The monoisotopic (exact) mass is 325 g/mol. The maximum atomic E-state index is 12.8. The van der Waals surface area contributed by atoms with Crippen molar-refractivity contribution >= 4 is 17.2 Å². The van der Waals surface area contributed by atoms with E-state index in [1.165, 1.54) is 0 Å². The van der Waals surface area contributed by atoms with Crippen molar-refractivity contribution in [1.82, 2.24) is 18.7 Å². The van der Waals surface area contributed by atoms with Gasteiger partial charge in [0.1, 0.15) is 5.82 Å². The average molecular weight is 325 g/mol. The summed E-state index contributed by atoms with van der Waals surface area (Å²) in [5.74, 6) is 0.859. The van der Waals surface area contributed by atoms with Crippen molar-refractivity contribution in [3.05, 3.63) is 52.0 Å². The number of rotatable bonds is 5. The summed E-state index contributed by atoms with van der Waals surface area (Å²) in [6, 6.07) is 8.00. The molecule has 0 N–H and O–H groups in total. The van der Waals surface area contributed by atoms with Gasteiger partial charge in [-0.1, -0.05) is 19.1 Å². The molecule has 0 saturated heterocycles. The van der Waals surface area contributed by atoms with E-state index >= 15 is 0 Å². The zero-order chi connectivity index (χ0) is 17.3. The lowest BCUT2D eigenvalue weighted by atomic mass is 10.3. The topological polar surface area (TPSA) is 57.1 Å². The molecule has 0 aliphatic heterocycles. The lowest BCUT2D eigenvalue weighted by Crippen LogP contribution is -2.26. The fourth-order valence-electron chi connectivity index (χ4n) is 3.13. The maximum Gasteiger partial charge on any atom is 0.329 e. The third-order valence-electron chi connectivity index (χ3n) is 4.41. The van der Waals surface area contributed by atoms with Gasteiger partial charge in [-0.2, -0.15) is 0 Å². The van der Waals surface area contributed by atoms with Gasteiger partial charge in [0.25, 0.3) is 0 Å². The molecule has 0 saturated carbocycles. The highest BCUT2D eigenvalue weighted by Gasteiger charge is 2.17. The van der Waals surface area contributed by atoms with E-state index in [4.69, 9.17) is 0 Å². The molecular weight excluding hydrogens is 302 g/mol. The third kappa shape index (κ3) is 2.58. The number of hydrogen-bond donors (Lipinski definition) is 0. The minimum Gasteiger partial charge on any atom is -0.330 e. The van der Waals surface area contributed by atoms with Gasteiger partial charge < -0.3 is 4.57 Å². The first-order chi connectivity index (χ1) is 11.6. The quantitative estimate of drug-likeness (QED) is 0.676. The van der Waals surface area contributed by atoms with Crippen LogP contribution in [0.5, 0.6) is 0 Å². The van der Waals surface area contributed by atoms with Crippen LogP contribution >= 0.6 is 0 Å². The van der Waals surface area contributed by atoms with Gasteiger partial charge in [0.2, 0.25) is 0 Å². The van der Waals surface area contributed by atoms with Crippen molar-refractivity contribution in [2.75, 3.05) is 7.05 Å². The molecule has 0 unspecified atom stereocenters. The molecule has 2 heterocycles. The van der Waals surface area contributed by atoms with Crippen LogP contribution in [0, 0.1) is 6.92 Å². The van der Waals surface area contributed by atoms with Gasteiger partial charge in [-0.05, 0) is 25.5 Å². The lowest BCUT2D eigenvalue weighted by Gasteiger charge is -2.05. The maximum absolute atomic E-state index is 12.8. The Hall–Kier alpha value is -2.63. The van der Waals surface area contributed by atoms with E-state index in [-0.39, 0.29) is 5.69 Å². The number of fused-ring (bicyclic) bond motifs is 1. The number of aromatic nitrogens is 4. The highest BCUT2D eigenvalue weighted by atomic mass is 16.1. The first kappa shape index (κ1) is 16.2. The zero-order valence-corrected chi connectivity index (χ0v) is 14.7. The fourth-order valence-corrected chi connectivity index (χ4v) is 3.13. The lowest BCUT2D eigenvalue weighted by molar-refractivity contribution is 0.603. The van der Waals surface area contributed by atoms with Crippen molar-refractivity contribution in [2.24, 2.45) is 12.0 Å². The minimum absolute atomic E-state index is 0.00342. The molecule has 0 bridgehead atoms. The summed E-state index contributed by atoms with van der Waals surface area (Å²) < 4.78 is 5.63. The molecule has 24 heavy (non-hydrogen) atoms. The Morgan fingerprint density at radius 3 is 2.67 bits per heavy atom. The van der Waals surface area contributed by atoms with Crippen LogP contribution in [0.2, 0.25) is 0 Å². The van der Waals surface area contributed by atoms with Crippen LogP contribution in [0.4, 0.5) is 0 Å². The summed E-state index contributed by atoms with van der Waals surface area (Å²) in [7, 11) is 3.71. The summed E-state index contributed by atoms with van der Waals surface area (Å²) in [4.78, 5) is 21.6. The fraction of sp³-hybridized carbons (Fsp3) is 0.389. The summed E-state index contributed by atoms with van der Waals surface area (Å²) in [6.07, 6.45) is 2.67. The van der Waals surface area contributed by atoms with E-state index in [0.29, 0.717) is 13.1 Å². The molecule has 0 aliphatic carbocycles. The Balaban J connectivity index is 2.13. The Labute approximate surface area is 141 Å². The first-order valence-corrected chi connectivity index (χ1v) is 8.20. The highest BCUT2D eigenvalue weighted by molar-refractivity contribution is 5.79. The van der Waals surface area contributed by atoms with Crippen molar-refractivity contribution < 1.29 is 0 Å². The summed E-state index contributed by atoms with van der Waals surface area (Å²) in [5.41, 5.74) is 3.81. The van der Waals surface area contributed by atoms with E-state index in [9.17, 15) is 4.79 Å². The van der Waals surface area contributed by atoms with E-state index in [2.05, 4.69) is 16.9 Å². The normalized spacial score (nSPS) is 11.8. The number of para-hydroxylation sites is 2. The molecule has 0 radical (unpaired) electrons. The minimum atomic E-state index is -0.00342. The molecule has 3 rings (SSSR count). The highest BCUT2D eigenvalue weighted by Crippen LogP contribution is 2.16.